The van der Waals surface area contributed by atoms with E-state index in [9.17, 15) is 4.39 Å². The van der Waals surface area contributed by atoms with E-state index in [1.54, 1.807) is 6.07 Å². The standard InChI is InChI=1S/C17H27FN2O2/c1-3-21-16-12-14(15(18)13-17(16)22-4-2)6-5-9-20-10-7-19-8-11-20/h12-13,19H,3-11H2,1-2H3. The van der Waals surface area contributed by atoms with Crippen LogP contribution in [0.4, 0.5) is 4.39 Å². The van der Waals surface area contributed by atoms with Crippen molar-refractivity contribution < 1.29 is 13.9 Å². The molecule has 2 rings (SSSR count). The lowest BCUT2D eigenvalue weighted by Crippen LogP contribution is -2.43. The van der Waals surface area contributed by atoms with Crippen LogP contribution in [0, 0.1) is 5.82 Å². The van der Waals surface area contributed by atoms with E-state index >= 15 is 0 Å². The number of benzene rings is 1. The van der Waals surface area contributed by atoms with Crippen molar-refractivity contribution in [2.75, 3.05) is 45.9 Å². The van der Waals surface area contributed by atoms with Gasteiger partial charge in [0.25, 0.3) is 0 Å². The monoisotopic (exact) mass is 310 g/mol. The fourth-order valence-electron chi connectivity index (χ4n) is 2.73. The number of ether oxygens (including phenoxy) is 2. The summed E-state index contributed by atoms with van der Waals surface area (Å²) in [5.74, 6) is 0.933. The van der Waals surface area contributed by atoms with Crippen LogP contribution in [-0.2, 0) is 6.42 Å². The second-order valence-electron chi connectivity index (χ2n) is 5.45. The third-order valence-corrected chi connectivity index (χ3v) is 3.84. The quantitative estimate of drug-likeness (QED) is 0.800. The zero-order valence-corrected chi connectivity index (χ0v) is 13.7. The van der Waals surface area contributed by atoms with Gasteiger partial charge in [-0.3, -0.25) is 0 Å². The molecule has 1 N–H and O–H groups in total. The maximum Gasteiger partial charge on any atom is 0.164 e. The number of piperazine rings is 1. The minimum Gasteiger partial charge on any atom is -0.490 e. The summed E-state index contributed by atoms with van der Waals surface area (Å²) in [6, 6.07) is 3.25. The van der Waals surface area contributed by atoms with E-state index in [-0.39, 0.29) is 5.82 Å². The van der Waals surface area contributed by atoms with Crippen LogP contribution in [0.1, 0.15) is 25.8 Å². The van der Waals surface area contributed by atoms with E-state index in [0.717, 1.165) is 45.6 Å². The van der Waals surface area contributed by atoms with E-state index in [1.807, 2.05) is 13.8 Å². The van der Waals surface area contributed by atoms with Gasteiger partial charge in [-0.15, -0.1) is 0 Å². The third kappa shape index (κ3) is 4.85. The Morgan fingerprint density at radius 2 is 1.73 bits per heavy atom. The van der Waals surface area contributed by atoms with Gasteiger partial charge >= 0.3 is 0 Å². The zero-order valence-electron chi connectivity index (χ0n) is 13.7. The van der Waals surface area contributed by atoms with Gasteiger partial charge in [0, 0.05) is 32.2 Å². The Morgan fingerprint density at radius 3 is 2.36 bits per heavy atom. The number of hydrogen-bond donors (Lipinski definition) is 1. The van der Waals surface area contributed by atoms with Gasteiger partial charge in [-0.1, -0.05) is 0 Å². The lowest BCUT2D eigenvalue weighted by atomic mass is 10.1. The molecule has 0 spiro atoms. The van der Waals surface area contributed by atoms with Gasteiger partial charge in [0.05, 0.1) is 13.2 Å². The first-order valence-electron chi connectivity index (χ1n) is 8.25. The summed E-state index contributed by atoms with van der Waals surface area (Å²) < 4.78 is 25.2. The van der Waals surface area contributed by atoms with Crippen LogP contribution in [0.5, 0.6) is 11.5 Å². The molecule has 1 aliphatic heterocycles. The molecule has 1 saturated heterocycles. The van der Waals surface area contributed by atoms with Crippen molar-refractivity contribution in [3.8, 4) is 11.5 Å². The van der Waals surface area contributed by atoms with Crippen LogP contribution in [-0.4, -0.2) is 50.8 Å². The number of nitrogens with zero attached hydrogens (tertiary/aromatic N) is 1. The molecule has 0 aromatic heterocycles. The van der Waals surface area contributed by atoms with E-state index in [0.29, 0.717) is 30.3 Å². The number of rotatable bonds is 8. The fourth-order valence-corrected chi connectivity index (χ4v) is 2.73. The molecule has 4 nitrogen and oxygen atoms in total. The van der Waals surface area contributed by atoms with Crippen molar-refractivity contribution in [3.63, 3.8) is 0 Å². The van der Waals surface area contributed by atoms with Crippen molar-refractivity contribution in [2.24, 2.45) is 0 Å². The molecule has 1 heterocycles. The summed E-state index contributed by atoms with van der Waals surface area (Å²) >= 11 is 0. The topological polar surface area (TPSA) is 33.7 Å². The Balaban J connectivity index is 1.95. The van der Waals surface area contributed by atoms with Gasteiger partial charge in [-0.05, 0) is 44.9 Å². The van der Waals surface area contributed by atoms with E-state index in [1.165, 1.54) is 6.07 Å². The summed E-state index contributed by atoms with van der Waals surface area (Å²) in [6.45, 7) is 10.1. The predicted octanol–water partition coefficient (Wildman–Crippen LogP) is 2.46. The van der Waals surface area contributed by atoms with Crippen molar-refractivity contribution in [1.82, 2.24) is 10.2 Å². The molecule has 22 heavy (non-hydrogen) atoms. The molecular formula is C17H27FN2O2. The van der Waals surface area contributed by atoms with Crippen molar-refractivity contribution in [3.05, 3.63) is 23.5 Å². The smallest absolute Gasteiger partial charge is 0.164 e. The molecule has 124 valence electrons. The largest absolute Gasteiger partial charge is 0.490 e. The van der Waals surface area contributed by atoms with Gasteiger partial charge in [-0.2, -0.15) is 0 Å². The van der Waals surface area contributed by atoms with Crippen LogP contribution in [0.25, 0.3) is 0 Å². The molecule has 1 aromatic carbocycles. The Labute approximate surface area is 132 Å². The third-order valence-electron chi connectivity index (χ3n) is 3.84. The van der Waals surface area contributed by atoms with Crippen LogP contribution in [0.15, 0.2) is 12.1 Å². The first kappa shape index (κ1) is 17.0. The summed E-state index contributed by atoms with van der Waals surface area (Å²) in [4.78, 5) is 2.42. The Kier molecular flexibility index (Phi) is 6.93. The molecule has 0 amide bonds. The van der Waals surface area contributed by atoms with Crippen LogP contribution >= 0.6 is 0 Å². The lowest BCUT2D eigenvalue weighted by Gasteiger charge is -2.27. The molecule has 1 aromatic rings. The first-order valence-corrected chi connectivity index (χ1v) is 8.25. The summed E-state index contributed by atoms with van der Waals surface area (Å²) in [6.07, 6.45) is 1.68. The number of hydrogen-bond acceptors (Lipinski definition) is 4. The molecule has 0 atom stereocenters. The maximum absolute atomic E-state index is 14.2. The van der Waals surface area contributed by atoms with Gasteiger partial charge in [0.2, 0.25) is 0 Å². The van der Waals surface area contributed by atoms with Crippen LogP contribution in [0.3, 0.4) is 0 Å². The summed E-state index contributed by atoms with van der Waals surface area (Å²) in [7, 11) is 0. The fraction of sp³-hybridized carbons (Fsp3) is 0.647. The van der Waals surface area contributed by atoms with Gasteiger partial charge in [0.1, 0.15) is 5.82 Å². The first-order chi connectivity index (χ1) is 10.7. The number of halogens is 1. The average molecular weight is 310 g/mol. The molecule has 1 aliphatic rings. The number of aryl methyl sites for hydroxylation is 1. The van der Waals surface area contributed by atoms with E-state index in [4.69, 9.17) is 9.47 Å². The molecule has 0 aliphatic carbocycles. The molecule has 0 saturated carbocycles. The summed E-state index contributed by atoms with van der Waals surface area (Å²) in [5, 5.41) is 3.34. The molecule has 0 unspecified atom stereocenters. The summed E-state index contributed by atoms with van der Waals surface area (Å²) in [5.41, 5.74) is 0.710. The molecular weight excluding hydrogens is 283 g/mol. The van der Waals surface area contributed by atoms with E-state index < -0.39 is 0 Å². The van der Waals surface area contributed by atoms with Crippen LogP contribution < -0.4 is 14.8 Å². The minimum absolute atomic E-state index is 0.202. The predicted molar refractivity (Wildman–Crippen MR) is 86.4 cm³/mol. The molecule has 0 bridgehead atoms. The second kappa shape index (κ2) is 8.96. The molecule has 1 fully saturated rings. The highest BCUT2D eigenvalue weighted by Crippen LogP contribution is 2.31. The van der Waals surface area contributed by atoms with Crippen LogP contribution in [0.2, 0.25) is 0 Å². The van der Waals surface area contributed by atoms with Crippen molar-refractivity contribution >= 4 is 0 Å². The number of nitrogens with one attached hydrogen (secondary N) is 1. The SMILES string of the molecule is CCOc1cc(F)c(CCCN2CCNCC2)cc1OCC. The minimum atomic E-state index is -0.202. The van der Waals surface area contributed by atoms with Crippen molar-refractivity contribution in [2.45, 2.75) is 26.7 Å². The average Bonchev–Trinajstić information content (AvgIpc) is 2.53. The Hall–Kier alpha value is -1.33. The van der Waals surface area contributed by atoms with Gasteiger partial charge < -0.3 is 19.7 Å². The second-order valence-corrected chi connectivity index (χ2v) is 5.45. The van der Waals surface area contributed by atoms with Gasteiger partial charge in [-0.25, -0.2) is 4.39 Å². The Morgan fingerprint density at radius 1 is 1.09 bits per heavy atom. The van der Waals surface area contributed by atoms with Crippen molar-refractivity contribution in [1.29, 1.82) is 0 Å². The highest BCUT2D eigenvalue weighted by Gasteiger charge is 2.13. The molecule has 5 heteroatoms. The molecule has 0 radical (unpaired) electrons. The highest BCUT2D eigenvalue weighted by atomic mass is 19.1. The normalized spacial score (nSPS) is 15.8. The maximum atomic E-state index is 14.2. The highest BCUT2D eigenvalue weighted by molar-refractivity contribution is 5.44. The Bertz CT molecular complexity index is 462. The zero-order chi connectivity index (χ0) is 15.8. The van der Waals surface area contributed by atoms with Gasteiger partial charge in [0.15, 0.2) is 11.5 Å². The lowest BCUT2D eigenvalue weighted by molar-refractivity contribution is 0.238. The van der Waals surface area contributed by atoms with E-state index in [2.05, 4.69) is 10.2 Å².